The third-order valence-electron chi connectivity index (χ3n) is 15.4. The Hall–Kier alpha value is -4.95. The zero-order valence-corrected chi connectivity index (χ0v) is 42.6. The van der Waals surface area contributed by atoms with Crippen molar-refractivity contribution in [3.63, 3.8) is 0 Å². The summed E-state index contributed by atoms with van der Waals surface area (Å²) in [6.45, 7) is 7.68. The highest BCUT2D eigenvalue weighted by atomic mass is 19.1. The minimum atomic E-state index is -1.44. The Bertz CT molecular complexity index is 2280. The van der Waals surface area contributed by atoms with Crippen molar-refractivity contribution in [3.8, 4) is 23.0 Å². The number of halogens is 1. The molecule has 1 saturated heterocycles. The molecule has 13 heteroatoms. The Labute approximate surface area is 426 Å². The molecule has 1 amide bonds. The van der Waals surface area contributed by atoms with Gasteiger partial charge in [0.05, 0.1) is 24.8 Å². The van der Waals surface area contributed by atoms with Gasteiger partial charge in [-0.05, 0) is 104 Å². The lowest BCUT2D eigenvalue weighted by Gasteiger charge is -2.60. The Morgan fingerprint density at radius 1 is 0.889 bits per heavy atom. The number of benzene rings is 3. The van der Waals surface area contributed by atoms with E-state index in [1.54, 1.807) is 24.3 Å². The van der Waals surface area contributed by atoms with Crippen molar-refractivity contribution >= 4 is 11.6 Å². The van der Waals surface area contributed by atoms with Crippen LogP contribution in [0, 0.1) is 23.6 Å². The first-order valence-electron chi connectivity index (χ1n) is 27.3. The molecular formula is C59H79FN2O10. The maximum atomic E-state index is 15.4. The zero-order valence-electron chi connectivity index (χ0n) is 42.6. The molecule has 8 rings (SSSR count). The number of carbonyl (C=O) groups is 1. The average Bonchev–Trinajstić information content (AvgIpc) is 3.88. The minimum absolute atomic E-state index is 0.00877. The van der Waals surface area contributed by atoms with E-state index in [0.29, 0.717) is 66.6 Å². The van der Waals surface area contributed by atoms with Gasteiger partial charge >= 0.3 is 0 Å². The van der Waals surface area contributed by atoms with Crippen LogP contribution in [0.2, 0.25) is 0 Å². The maximum Gasteiger partial charge on any atom is 0.239 e. The number of aliphatic hydroxyl groups is 2. The second-order valence-corrected chi connectivity index (χ2v) is 20.3. The van der Waals surface area contributed by atoms with E-state index in [0.717, 1.165) is 80.9 Å². The van der Waals surface area contributed by atoms with Gasteiger partial charge in [-0.2, -0.15) is 0 Å². The van der Waals surface area contributed by atoms with Crippen LogP contribution in [0.15, 0.2) is 90.1 Å². The molecule has 5 aliphatic rings. The van der Waals surface area contributed by atoms with E-state index in [1.807, 2.05) is 41.3 Å². The monoisotopic (exact) mass is 995 g/mol. The van der Waals surface area contributed by atoms with Crippen LogP contribution in [0.4, 0.5) is 4.39 Å². The number of oxime groups is 1. The molecule has 0 aromatic heterocycles. The lowest BCUT2D eigenvalue weighted by atomic mass is 9.55. The molecule has 0 spiro atoms. The highest BCUT2D eigenvalue weighted by Gasteiger charge is 2.65. The molecule has 7 atom stereocenters. The molecule has 0 radical (unpaired) electrons. The van der Waals surface area contributed by atoms with Crippen LogP contribution in [-0.2, 0) is 32.3 Å². The molecule has 2 N–H and O–H groups in total. The van der Waals surface area contributed by atoms with Crippen molar-refractivity contribution in [3.05, 3.63) is 107 Å². The van der Waals surface area contributed by atoms with Crippen molar-refractivity contribution in [1.82, 2.24) is 4.90 Å². The van der Waals surface area contributed by atoms with E-state index in [2.05, 4.69) is 19.6 Å². The second-order valence-electron chi connectivity index (χ2n) is 20.3. The standard InChI is InChI=1S/C59H79FN2O10/c1-3-5-6-7-8-9-10-11-12-25-55(65)62(39-42-27-29-52-53(35-42)69-41-68-52)54-38-50(61-72-56-26-17-20-34-66-56)47-36-43(21-15-18-31-63)46(23-16-19-32-64)57-48-37-45(67-40-44-22-13-14-24-49(44)60)28-30-51(48)71-59(54,58(47)57)70-33-4-2/h4,13-14,22,24,27-30,35-37,43,46,54,56-58,63-64H,2-3,5-12,15-21,23,25-26,31-34,38-41H2,1H3. The van der Waals surface area contributed by atoms with E-state index in [9.17, 15) is 14.6 Å². The van der Waals surface area contributed by atoms with Gasteiger partial charge in [-0.15, -0.1) is 6.58 Å². The molecule has 3 heterocycles. The van der Waals surface area contributed by atoms with Crippen LogP contribution >= 0.6 is 0 Å². The van der Waals surface area contributed by atoms with Gasteiger partial charge in [0.15, 0.2) is 11.5 Å². The molecular weight excluding hydrogens is 916 g/mol. The number of amides is 1. The summed E-state index contributed by atoms with van der Waals surface area (Å²) >= 11 is 0. The van der Waals surface area contributed by atoms with Gasteiger partial charge < -0.3 is 48.4 Å². The molecule has 392 valence electrons. The first-order chi connectivity index (χ1) is 35.4. The number of aliphatic hydroxyl groups excluding tert-OH is 2. The highest BCUT2D eigenvalue weighted by molar-refractivity contribution is 6.03. The Morgan fingerprint density at radius 2 is 1.65 bits per heavy atom. The maximum absolute atomic E-state index is 15.4. The lowest BCUT2D eigenvalue weighted by Crippen LogP contribution is -2.70. The number of allylic oxidation sites excluding steroid dienone is 1. The quantitative estimate of drug-likeness (QED) is 0.0393. The Balaban J connectivity index is 1.25. The van der Waals surface area contributed by atoms with Gasteiger partial charge in [0.25, 0.3) is 0 Å². The van der Waals surface area contributed by atoms with Crippen molar-refractivity contribution in [1.29, 1.82) is 0 Å². The molecule has 7 unspecified atom stereocenters. The van der Waals surface area contributed by atoms with Crippen molar-refractivity contribution < 1.29 is 52.7 Å². The SMILES string of the molecule is C=CCOC12Oc3ccc(OCc4ccccc4F)cc3C3C(CCCCO)C(CCCCO)C=C(C(=NOC4CCCCO4)CC1N(Cc1ccc4c(c1)OCO4)C(=O)CCCCCCCCCCC)C32. The normalized spacial score (nSPS) is 24.4. The smallest absolute Gasteiger partial charge is 0.239 e. The first-order valence-corrected chi connectivity index (χ1v) is 27.3. The minimum Gasteiger partial charge on any atom is -0.489 e. The van der Waals surface area contributed by atoms with E-state index < -0.39 is 24.0 Å². The van der Waals surface area contributed by atoms with Gasteiger partial charge in [0, 0.05) is 56.1 Å². The van der Waals surface area contributed by atoms with Crippen LogP contribution in [0.3, 0.4) is 0 Å². The first kappa shape index (κ1) is 53.3. The summed E-state index contributed by atoms with van der Waals surface area (Å²) in [7, 11) is 0. The van der Waals surface area contributed by atoms with E-state index in [1.165, 1.54) is 38.2 Å². The Kier molecular flexibility index (Phi) is 19.9. The number of nitrogens with zero attached hydrogens (tertiary/aromatic N) is 2. The average molecular weight is 995 g/mol. The van der Waals surface area contributed by atoms with Crippen molar-refractivity contribution in [2.45, 2.75) is 173 Å². The van der Waals surface area contributed by atoms with Gasteiger partial charge in [0.1, 0.15) is 30.0 Å². The summed E-state index contributed by atoms with van der Waals surface area (Å²) in [6.07, 6.45) is 21.5. The summed E-state index contributed by atoms with van der Waals surface area (Å²) in [5.74, 6) is -0.000837. The number of fused-ring (bicyclic) bond motifs is 3. The van der Waals surface area contributed by atoms with Gasteiger partial charge in [0.2, 0.25) is 24.8 Å². The molecule has 3 aliphatic heterocycles. The molecule has 12 nitrogen and oxygen atoms in total. The number of rotatable bonds is 29. The van der Waals surface area contributed by atoms with Crippen molar-refractivity contribution in [2.24, 2.45) is 22.9 Å². The predicted molar refractivity (Wildman–Crippen MR) is 275 cm³/mol. The highest BCUT2D eigenvalue weighted by Crippen LogP contribution is 2.62. The third-order valence-corrected chi connectivity index (χ3v) is 15.4. The van der Waals surface area contributed by atoms with Crippen LogP contribution < -0.4 is 18.9 Å². The van der Waals surface area contributed by atoms with Crippen LogP contribution in [0.5, 0.6) is 23.0 Å². The molecule has 0 bridgehead atoms. The summed E-state index contributed by atoms with van der Waals surface area (Å²) in [4.78, 5) is 23.8. The molecule has 2 aliphatic carbocycles. The van der Waals surface area contributed by atoms with Crippen molar-refractivity contribution in [2.75, 3.05) is 33.2 Å². The fraction of sp³-hybridized carbons (Fsp3) is 0.593. The summed E-state index contributed by atoms with van der Waals surface area (Å²) < 4.78 is 53.8. The molecule has 3 aromatic carbocycles. The molecule has 2 fully saturated rings. The number of ether oxygens (including phenoxy) is 6. The third kappa shape index (κ3) is 13.0. The van der Waals surface area contributed by atoms with Crippen LogP contribution in [0.1, 0.15) is 158 Å². The fourth-order valence-corrected chi connectivity index (χ4v) is 11.8. The van der Waals surface area contributed by atoms with Crippen LogP contribution in [0.25, 0.3) is 0 Å². The van der Waals surface area contributed by atoms with Crippen LogP contribution in [-0.4, -0.2) is 78.1 Å². The number of hydrogen-bond acceptors (Lipinski definition) is 11. The zero-order chi connectivity index (χ0) is 50.1. The number of hydrogen-bond donors (Lipinski definition) is 2. The predicted octanol–water partition coefficient (Wildman–Crippen LogP) is 12.2. The van der Waals surface area contributed by atoms with E-state index in [4.69, 9.17) is 38.4 Å². The topological polar surface area (TPSA) is 138 Å². The summed E-state index contributed by atoms with van der Waals surface area (Å²) in [6, 6.07) is 17.6. The fourth-order valence-electron chi connectivity index (χ4n) is 11.8. The number of unbranched alkanes of at least 4 members (excludes halogenated alkanes) is 10. The summed E-state index contributed by atoms with van der Waals surface area (Å²) in [5.41, 5.74) is 3.92. The van der Waals surface area contributed by atoms with Gasteiger partial charge in [-0.25, -0.2) is 4.39 Å². The van der Waals surface area contributed by atoms with E-state index in [-0.39, 0.29) is 75.7 Å². The molecule has 72 heavy (non-hydrogen) atoms. The number of carbonyl (C=O) groups excluding carboxylic acids is 1. The largest absolute Gasteiger partial charge is 0.489 e. The Morgan fingerprint density at radius 3 is 2.42 bits per heavy atom. The van der Waals surface area contributed by atoms with E-state index >= 15 is 4.79 Å². The van der Waals surface area contributed by atoms with Gasteiger partial charge in [-0.1, -0.05) is 113 Å². The summed E-state index contributed by atoms with van der Waals surface area (Å²) in [5, 5.41) is 25.2. The lowest BCUT2D eigenvalue weighted by molar-refractivity contribution is -0.258. The second kappa shape index (κ2) is 26.8. The molecule has 3 aromatic rings. The van der Waals surface area contributed by atoms with Gasteiger partial charge in [-0.3, -0.25) is 4.79 Å². The molecule has 1 saturated carbocycles.